The van der Waals surface area contributed by atoms with E-state index >= 15 is 0 Å². The molecule has 2 aromatic rings. The number of nitrogens with one attached hydrogen (secondary N) is 1. The van der Waals surface area contributed by atoms with Gasteiger partial charge in [-0.15, -0.1) is 0 Å². The average Bonchev–Trinajstić information content (AvgIpc) is 2.57. The second-order valence-electron chi connectivity index (χ2n) is 5.43. The van der Waals surface area contributed by atoms with E-state index < -0.39 is 28.1 Å². The zero-order valence-corrected chi connectivity index (χ0v) is 14.7. The second kappa shape index (κ2) is 7.40. The highest BCUT2D eigenvalue weighted by Gasteiger charge is 2.37. The number of carbonyl (C=O) groups is 1. The Morgan fingerprint density at radius 1 is 1.12 bits per heavy atom. The van der Waals surface area contributed by atoms with E-state index in [1.54, 1.807) is 24.3 Å². The van der Waals surface area contributed by atoms with Crippen molar-refractivity contribution in [1.29, 1.82) is 0 Å². The topological polar surface area (TPSA) is 113 Å². The molecule has 134 valence electrons. The van der Waals surface area contributed by atoms with Crippen molar-refractivity contribution >= 4 is 27.6 Å². The number of hydrogen-bond acceptors (Lipinski definition) is 5. The van der Waals surface area contributed by atoms with Gasteiger partial charge in [-0.3, -0.25) is 4.79 Å². The zero-order chi connectivity index (χ0) is 18.7. The molecule has 2 rings (SSSR count). The van der Waals surface area contributed by atoms with Crippen LogP contribution in [0.15, 0.2) is 53.4 Å². The molecule has 0 heterocycles. The Kier molecular flexibility index (Phi) is 5.69. The first kappa shape index (κ1) is 19.2. The fourth-order valence-corrected chi connectivity index (χ4v) is 3.31. The van der Waals surface area contributed by atoms with Crippen molar-refractivity contribution in [2.45, 2.75) is 17.4 Å². The maximum atomic E-state index is 12.3. The number of carboxylic acid groups (broad SMARTS) is 1. The molecule has 0 bridgehead atoms. The molecule has 0 aliphatic rings. The molecule has 1 unspecified atom stereocenters. The molecule has 2 aromatic carbocycles. The van der Waals surface area contributed by atoms with Crippen LogP contribution in [0.2, 0.25) is 5.02 Å². The van der Waals surface area contributed by atoms with Crippen LogP contribution in [0.3, 0.4) is 0 Å². The van der Waals surface area contributed by atoms with Crippen LogP contribution in [0.25, 0.3) is 0 Å². The highest BCUT2D eigenvalue weighted by Crippen LogP contribution is 2.24. The van der Waals surface area contributed by atoms with E-state index in [0.29, 0.717) is 16.5 Å². The molecule has 0 aliphatic heterocycles. The normalized spacial score (nSPS) is 13.9. The lowest BCUT2D eigenvalue weighted by atomic mass is 10.1. The summed E-state index contributed by atoms with van der Waals surface area (Å²) < 4.78 is 32.1. The van der Waals surface area contributed by atoms with Crippen molar-refractivity contribution in [1.82, 2.24) is 4.72 Å². The van der Waals surface area contributed by atoms with Crippen LogP contribution in [0, 0.1) is 0 Å². The van der Waals surface area contributed by atoms with Gasteiger partial charge in [-0.05, 0) is 55.5 Å². The Balaban J connectivity index is 2.18. The number of benzene rings is 2. The molecule has 0 spiro atoms. The number of carboxylic acids is 1. The maximum Gasteiger partial charge on any atom is 0.327 e. The highest BCUT2D eigenvalue weighted by molar-refractivity contribution is 7.89. The van der Waals surface area contributed by atoms with Crippen LogP contribution in [-0.2, 0) is 14.8 Å². The number of ether oxygens (including phenoxy) is 1. The van der Waals surface area contributed by atoms with E-state index in [-0.39, 0.29) is 4.90 Å². The molecule has 0 aromatic heterocycles. The highest BCUT2D eigenvalue weighted by atomic mass is 35.5. The van der Waals surface area contributed by atoms with E-state index in [0.717, 1.165) is 6.92 Å². The standard InChI is InChI=1S/C16H16ClNO6S/c1-16(10-19,15(20)21)18-25(22,23)14-8-6-13(7-9-14)24-12-4-2-11(17)3-5-12/h2-9,18-19H,10H2,1H3,(H,20,21). The van der Waals surface area contributed by atoms with Gasteiger partial charge in [0.2, 0.25) is 10.0 Å². The Labute approximate surface area is 149 Å². The van der Waals surface area contributed by atoms with Crippen molar-refractivity contribution in [3.8, 4) is 11.5 Å². The summed E-state index contributed by atoms with van der Waals surface area (Å²) in [6, 6.07) is 12.0. The summed E-state index contributed by atoms with van der Waals surface area (Å²) in [4.78, 5) is 11.0. The lowest BCUT2D eigenvalue weighted by Gasteiger charge is -2.23. The first-order valence-corrected chi connectivity index (χ1v) is 8.94. The first-order chi connectivity index (χ1) is 11.7. The second-order valence-corrected chi connectivity index (χ2v) is 7.55. The number of aliphatic carboxylic acids is 1. The third-order valence-corrected chi connectivity index (χ3v) is 5.20. The molecule has 0 saturated heterocycles. The lowest BCUT2D eigenvalue weighted by Crippen LogP contribution is -2.54. The van der Waals surface area contributed by atoms with Crippen LogP contribution >= 0.6 is 11.6 Å². The van der Waals surface area contributed by atoms with Gasteiger partial charge in [-0.1, -0.05) is 11.6 Å². The number of sulfonamides is 1. The Morgan fingerprint density at radius 3 is 2.04 bits per heavy atom. The van der Waals surface area contributed by atoms with Gasteiger partial charge < -0.3 is 14.9 Å². The number of rotatable bonds is 7. The predicted molar refractivity (Wildman–Crippen MR) is 91.4 cm³/mol. The van der Waals surface area contributed by atoms with Gasteiger partial charge >= 0.3 is 5.97 Å². The zero-order valence-electron chi connectivity index (χ0n) is 13.1. The molecule has 25 heavy (non-hydrogen) atoms. The van der Waals surface area contributed by atoms with E-state index in [2.05, 4.69) is 0 Å². The number of aliphatic hydroxyl groups is 1. The SMILES string of the molecule is CC(CO)(NS(=O)(=O)c1ccc(Oc2ccc(Cl)cc2)cc1)C(=O)O. The lowest BCUT2D eigenvalue weighted by molar-refractivity contribution is -0.144. The average molecular weight is 386 g/mol. The van der Waals surface area contributed by atoms with Crippen LogP contribution in [-0.4, -0.2) is 36.7 Å². The van der Waals surface area contributed by atoms with E-state index in [4.69, 9.17) is 26.6 Å². The smallest absolute Gasteiger partial charge is 0.327 e. The molecule has 0 aliphatic carbocycles. The Hall–Kier alpha value is -2.13. The van der Waals surface area contributed by atoms with Crippen LogP contribution < -0.4 is 9.46 Å². The molecular formula is C16H16ClNO6S. The van der Waals surface area contributed by atoms with Crippen LogP contribution in [0.5, 0.6) is 11.5 Å². The third-order valence-electron chi connectivity index (χ3n) is 3.33. The van der Waals surface area contributed by atoms with Crippen LogP contribution in [0.1, 0.15) is 6.92 Å². The van der Waals surface area contributed by atoms with Gasteiger partial charge in [0.25, 0.3) is 0 Å². The fraction of sp³-hybridized carbons (Fsp3) is 0.188. The molecule has 0 fully saturated rings. The summed E-state index contributed by atoms with van der Waals surface area (Å²) in [5.41, 5.74) is -2.02. The van der Waals surface area contributed by atoms with Crippen molar-refractivity contribution in [3.63, 3.8) is 0 Å². The number of aliphatic hydroxyl groups excluding tert-OH is 1. The molecule has 7 nitrogen and oxygen atoms in total. The summed E-state index contributed by atoms with van der Waals surface area (Å²) >= 11 is 5.78. The van der Waals surface area contributed by atoms with E-state index in [1.165, 1.54) is 24.3 Å². The molecule has 3 N–H and O–H groups in total. The fourth-order valence-electron chi connectivity index (χ4n) is 1.82. The molecule has 0 radical (unpaired) electrons. The van der Waals surface area contributed by atoms with Gasteiger partial charge in [0.1, 0.15) is 17.0 Å². The van der Waals surface area contributed by atoms with Gasteiger partial charge in [-0.25, -0.2) is 8.42 Å². The monoisotopic (exact) mass is 385 g/mol. The minimum atomic E-state index is -4.13. The quantitative estimate of drug-likeness (QED) is 0.673. The minimum absolute atomic E-state index is 0.156. The van der Waals surface area contributed by atoms with Gasteiger partial charge in [0.15, 0.2) is 0 Å². The van der Waals surface area contributed by atoms with Crippen molar-refractivity contribution in [2.75, 3.05) is 6.61 Å². The van der Waals surface area contributed by atoms with Crippen LogP contribution in [0.4, 0.5) is 0 Å². The predicted octanol–water partition coefficient (Wildman–Crippen LogP) is 2.25. The van der Waals surface area contributed by atoms with Crippen molar-refractivity contribution in [2.24, 2.45) is 0 Å². The summed E-state index contributed by atoms with van der Waals surface area (Å²) in [7, 11) is -4.13. The number of hydrogen-bond donors (Lipinski definition) is 3. The summed E-state index contributed by atoms with van der Waals surface area (Å²) in [6.07, 6.45) is 0. The first-order valence-electron chi connectivity index (χ1n) is 7.08. The Bertz CT molecular complexity index is 851. The molecule has 9 heteroatoms. The third kappa shape index (κ3) is 4.70. The van der Waals surface area contributed by atoms with Gasteiger partial charge in [0.05, 0.1) is 11.5 Å². The minimum Gasteiger partial charge on any atom is -0.480 e. The Morgan fingerprint density at radius 2 is 1.60 bits per heavy atom. The largest absolute Gasteiger partial charge is 0.480 e. The number of halogens is 1. The van der Waals surface area contributed by atoms with Gasteiger partial charge in [-0.2, -0.15) is 4.72 Å². The summed E-state index contributed by atoms with van der Waals surface area (Å²) in [5, 5.41) is 18.8. The van der Waals surface area contributed by atoms with Crippen molar-refractivity contribution in [3.05, 3.63) is 53.6 Å². The van der Waals surface area contributed by atoms with E-state index in [9.17, 15) is 13.2 Å². The summed E-state index contributed by atoms with van der Waals surface area (Å²) in [5.74, 6) is -0.567. The molecule has 1 atom stereocenters. The van der Waals surface area contributed by atoms with Crippen molar-refractivity contribution < 1.29 is 28.2 Å². The molecule has 0 saturated carbocycles. The molecular weight excluding hydrogens is 370 g/mol. The van der Waals surface area contributed by atoms with E-state index in [1.807, 2.05) is 4.72 Å². The summed E-state index contributed by atoms with van der Waals surface area (Å²) in [6.45, 7) is 0.185. The molecule has 0 amide bonds. The maximum absolute atomic E-state index is 12.3. The van der Waals surface area contributed by atoms with Gasteiger partial charge in [0, 0.05) is 5.02 Å².